The number of carbonyl (C=O) groups excluding carboxylic acids is 1. The van der Waals surface area contributed by atoms with Crippen molar-refractivity contribution in [1.82, 2.24) is 9.80 Å². The number of carbonyl (C=O) groups is 1. The van der Waals surface area contributed by atoms with E-state index < -0.39 is 5.54 Å². The molecule has 1 fully saturated rings. The molecule has 19 heavy (non-hydrogen) atoms. The Morgan fingerprint density at radius 3 is 2.68 bits per heavy atom. The Balaban J connectivity index is 2.29. The maximum Gasteiger partial charge on any atom is 0.325 e. The zero-order chi connectivity index (χ0) is 14.5. The summed E-state index contributed by atoms with van der Waals surface area (Å²) >= 11 is 0. The predicted molar refractivity (Wildman–Crippen MR) is 77.0 cm³/mol. The van der Waals surface area contributed by atoms with Crippen molar-refractivity contribution in [1.29, 1.82) is 0 Å². The van der Waals surface area contributed by atoms with Gasteiger partial charge in [0.15, 0.2) is 0 Å². The molecule has 0 bridgehead atoms. The number of methoxy groups -OCH3 is 1. The number of likely N-dealkylation sites (N-methyl/N-ethyl adjacent to an activating group) is 1. The summed E-state index contributed by atoms with van der Waals surface area (Å²) in [4.78, 5) is 16.4. The zero-order valence-electron chi connectivity index (χ0n) is 12.8. The van der Waals surface area contributed by atoms with Crippen molar-refractivity contribution in [2.75, 3.05) is 39.8 Å². The van der Waals surface area contributed by atoms with Crippen molar-refractivity contribution < 1.29 is 9.53 Å². The van der Waals surface area contributed by atoms with Crippen LogP contribution in [0, 0.1) is 0 Å². The van der Waals surface area contributed by atoms with E-state index in [0.717, 1.165) is 39.1 Å². The Bertz CT molecular complexity index is 294. The lowest BCUT2D eigenvalue weighted by atomic mass is 9.97. The third-order valence-electron chi connectivity index (χ3n) is 4.08. The van der Waals surface area contributed by atoms with Crippen LogP contribution in [0.5, 0.6) is 0 Å². The Labute approximate surface area is 117 Å². The molecule has 1 saturated heterocycles. The highest BCUT2D eigenvalue weighted by Gasteiger charge is 2.29. The van der Waals surface area contributed by atoms with E-state index in [1.165, 1.54) is 7.11 Å². The van der Waals surface area contributed by atoms with Gasteiger partial charge < -0.3 is 15.4 Å². The van der Waals surface area contributed by atoms with E-state index in [4.69, 9.17) is 10.5 Å². The van der Waals surface area contributed by atoms with Crippen LogP contribution in [-0.4, -0.2) is 67.2 Å². The maximum atomic E-state index is 11.5. The highest BCUT2D eigenvalue weighted by atomic mass is 16.5. The lowest BCUT2D eigenvalue weighted by Crippen LogP contribution is -2.52. The van der Waals surface area contributed by atoms with Crippen LogP contribution >= 0.6 is 0 Å². The summed E-state index contributed by atoms with van der Waals surface area (Å²) in [5.41, 5.74) is 5.10. The first-order chi connectivity index (χ1) is 8.90. The lowest BCUT2D eigenvalue weighted by molar-refractivity contribution is -0.146. The van der Waals surface area contributed by atoms with Crippen molar-refractivity contribution in [3.05, 3.63) is 0 Å². The van der Waals surface area contributed by atoms with Gasteiger partial charge in [0.25, 0.3) is 0 Å². The number of rotatable bonds is 6. The van der Waals surface area contributed by atoms with Crippen LogP contribution in [0.15, 0.2) is 0 Å². The van der Waals surface area contributed by atoms with E-state index in [-0.39, 0.29) is 5.97 Å². The first-order valence-corrected chi connectivity index (χ1v) is 7.24. The monoisotopic (exact) mass is 271 g/mol. The fraction of sp³-hybridized carbons (Fsp3) is 0.929. The van der Waals surface area contributed by atoms with E-state index in [0.29, 0.717) is 12.5 Å². The summed E-state index contributed by atoms with van der Waals surface area (Å²) in [5, 5.41) is 0. The molecule has 2 unspecified atom stereocenters. The standard InChI is InChI=1S/C14H29N3O2/c1-5-17-10-9-16(11-12(17)2)8-6-7-14(3,15)13(18)19-4/h12H,5-11,15H2,1-4H3. The molecular weight excluding hydrogens is 242 g/mol. The van der Waals surface area contributed by atoms with E-state index >= 15 is 0 Å². The van der Waals surface area contributed by atoms with Gasteiger partial charge in [-0.05, 0) is 39.8 Å². The number of hydrogen-bond acceptors (Lipinski definition) is 5. The zero-order valence-corrected chi connectivity index (χ0v) is 12.8. The first kappa shape index (κ1) is 16.4. The molecule has 2 atom stereocenters. The average molecular weight is 271 g/mol. The predicted octanol–water partition coefficient (Wildman–Crippen LogP) is 0.683. The Morgan fingerprint density at radius 1 is 1.47 bits per heavy atom. The molecule has 0 spiro atoms. The molecular formula is C14H29N3O2. The molecule has 0 amide bonds. The fourth-order valence-electron chi connectivity index (χ4n) is 2.75. The Hall–Kier alpha value is -0.650. The second kappa shape index (κ2) is 7.22. The van der Waals surface area contributed by atoms with Crippen LogP contribution in [0.2, 0.25) is 0 Å². The molecule has 1 rings (SSSR count). The molecule has 0 aromatic rings. The van der Waals surface area contributed by atoms with Crippen molar-refractivity contribution in [2.24, 2.45) is 5.73 Å². The molecule has 1 aliphatic rings. The third kappa shape index (κ3) is 4.75. The smallest absolute Gasteiger partial charge is 0.325 e. The van der Waals surface area contributed by atoms with Crippen molar-refractivity contribution in [3.63, 3.8) is 0 Å². The summed E-state index contributed by atoms with van der Waals surface area (Å²) in [6.45, 7) is 11.7. The van der Waals surface area contributed by atoms with Gasteiger partial charge in [0, 0.05) is 25.7 Å². The molecule has 1 aliphatic heterocycles. The van der Waals surface area contributed by atoms with Gasteiger partial charge in [0.2, 0.25) is 0 Å². The van der Waals surface area contributed by atoms with Gasteiger partial charge in [-0.2, -0.15) is 0 Å². The average Bonchev–Trinajstić information content (AvgIpc) is 2.37. The number of nitrogens with zero attached hydrogens (tertiary/aromatic N) is 2. The van der Waals surface area contributed by atoms with Gasteiger partial charge in [0.1, 0.15) is 5.54 Å². The van der Waals surface area contributed by atoms with Gasteiger partial charge in [-0.1, -0.05) is 6.92 Å². The molecule has 112 valence electrons. The number of piperazine rings is 1. The minimum atomic E-state index is -0.856. The molecule has 0 aromatic carbocycles. The van der Waals surface area contributed by atoms with E-state index in [1.807, 2.05) is 0 Å². The number of hydrogen-bond donors (Lipinski definition) is 1. The number of ether oxygens (including phenoxy) is 1. The van der Waals surface area contributed by atoms with E-state index in [1.54, 1.807) is 6.92 Å². The highest BCUT2D eigenvalue weighted by molar-refractivity contribution is 5.79. The van der Waals surface area contributed by atoms with E-state index in [9.17, 15) is 4.79 Å². The summed E-state index contributed by atoms with van der Waals surface area (Å²) in [6.07, 6.45) is 1.60. The second-order valence-electron chi connectivity index (χ2n) is 5.79. The van der Waals surface area contributed by atoms with Crippen LogP contribution in [0.1, 0.15) is 33.6 Å². The molecule has 5 heteroatoms. The molecule has 0 saturated carbocycles. The van der Waals surface area contributed by atoms with Crippen LogP contribution < -0.4 is 5.73 Å². The van der Waals surface area contributed by atoms with Crippen molar-refractivity contribution in [2.45, 2.75) is 45.2 Å². The van der Waals surface area contributed by atoms with Crippen LogP contribution in [0.4, 0.5) is 0 Å². The summed E-state index contributed by atoms with van der Waals surface area (Å²) in [7, 11) is 1.39. The number of nitrogens with two attached hydrogens (primary N) is 1. The highest BCUT2D eigenvalue weighted by Crippen LogP contribution is 2.14. The van der Waals surface area contributed by atoms with Crippen molar-refractivity contribution in [3.8, 4) is 0 Å². The summed E-state index contributed by atoms with van der Waals surface area (Å²) in [6, 6.07) is 0.614. The van der Waals surface area contributed by atoms with E-state index in [2.05, 4.69) is 23.6 Å². The van der Waals surface area contributed by atoms with Crippen LogP contribution in [0.3, 0.4) is 0 Å². The van der Waals surface area contributed by atoms with Crippen LogP contribution in [0.25, 0.3) is 0 Å². The number of esters is 1. The topological polar surface area (TPSA) is 58.8 Å². The molecule has 1 heterocycles. The SMILES string of the molecule is CCN1CCN(CCCC(C)(N)C(=O)OC)CC1C. The lowest BCUT2D eigenvalue weighted by Gasteiger charge is -2.39. The molecule has 5 nitrogen and oxygen atoms in total. The van der Waals surface area contributed by atoms with Gasteiger partial charge in [-0.25, -0.2) is 0 Å². The quantitative estimate of drug-likeness (QED) is 0.720. The minimum Gasteiger partial charge on any atom is -0.468 e. The van der Waals surface area contributed by atoms with Gasteiger partial charge in [0.05, 0.1) is 7.11 Å². The second-order valence-corrected chi connectivity index (χ2v) is 5.79. The maximum absolute atomic E-state index is 11.5. The van der Waals surface area contributed by atoms with Crippen LogP contribution in [-0.2, 0) is 9.53 Å². The van der Waals surface area contributed by atoms with Gasteiger partial charge in [-0.15, -0.1) is 0 Å². The fourth-order valence-corrected chi connectivity index (χ4v) is 2.75. The Kier molecular flexibility index (Phi) is 6.23. The molecule has 0 radical (unpaired) electrons. The summed E-state index contributed by atoms with van der Waals surface area (Å²) < 4.78 is 4.72. The van der Waals surface area contributed by atoms with Crippen molar-refractivity contribution >= 4 is 5.97 Å². The van der Waals surface area contributed by atoms with Gasteiger partial charge >= 0.3 is 5.97 Å². The summed E-state index contributed by atoms with van der Waals surface area (Å²) in [5.74, 6) is -0.323. The first-order valence-electron chi connectivity index (χ1n) is 7.24. The third-order valence-corrected chi connectivity index (χ3v) is 4.08. The van der Waals surface area contributed by atoms with Gasteiger partial charge in [-0.3, -0.25) is 9.69 Å². The normalized spacial score (nSPS) is 25.0. The molecule has 0 aromatic heterocycles. The minimum absolute atomic E-state index is 0.323. The largest absolute Gasteiger partial charge is 0.468 e. The molecule has 2 N–H and O–H groups in total. The Morgan fingerprint density at radius 2 is 2.16 bits per heavy atom. The molecule has 0 aliphatic carbocycles.